The molecular weight excluding hydrogens is 845 g/mol. The third-order valence-electron chi connectivity index (χ3n) is 12.4. The Morgan fingerprint density at radius 3 is 1.71 bits per heavy atom. The molecule has 0 bridgehead atoms. The fraction of sp³-hybridized carbons (Fsp3) is 0.0492. The second-order valence-electron chi connectivity index (χ2n) is 16.7. The fourth-order valence-electron chi connectivity index (χ4n) is 9.06. The number of rotatable bonds is 9. The van der Waals surface area contributed by atoms with Crippen LogP contribution in [-0.4, -0.2) is 44.5 Å². The van der Waals surface area contributed by atoms with E-state index in [1.165, 1.54) is 5.56 Å². The topological polar surface area (TPSA) is 83.9 Å². The fourth-order valence-corrected chi connectivity index (χ4v) is 9.06. The average Bonchev–Trinajstić information content (AvgIpc) is 3.79. The van der Waals surface area contributed by atoms with Crippen LogP contribution in [0.15, 0.2) is 246 Å². The molecule has 8 nitrogen and oxygen atoms in total. The molecule has 0 spiro atoms. The highest BCUT2D eigenvalue weighted by Gasteiger charge is 2.21. The van der Waals surface area contributed by atoms with Crippen LogP contribution in [0.4, 0.5) is 11.6 Å². The van der Waals surface area contributed by atoms with E-state index in [1.807, 2.05) is 121 Å². The Bertz CT molecular complexity index is 3540. The van der Waals surface area contributed by atoms with E-state index in [1.54, 1.807) is 0 Å². The molecule has 1 aliphatic rings. The van der Waals surface area contributed by atoms with Crippen molar-refractivity contribution >= 4 is 51.8 Å². The van der Waals surface area contributed by atoms with Gasteiger partial charge in [0.15, 0.2) is 23.3 Å². The number of aliphatic imine (C=N–C) groups is 3. The predicted octanol–water partition coefficient (Wildman–Crippen LogP) is 14.0. The van der Waals surface area contributed by atoms with Gasteiger partial charge in [0.25, 0.3) is 0 Å². The summed E-state index contributed by atoms with van der Waals surface area (Å²) in [7, 11) is 0. The molecule has 1 aliphatic heterocycles. The van der Waals surface area contributed by atoms with Crippen LogP contribution < -0.4 is 4.90 Å². The minimum atomic E-state index is 0.356. The molecule has 2 aromatic heterocycles. The first kappa shape index (κ1) is 42.5. The van der Waals surface area contributed by atoms with Crippen molar-refractivity contribution in [1.82, 2.24) is 19.5 Å². The van der Waals surface area contributed by atoms with Crippen molar-refractivity contribution in [1.29, 1.82) is 0 Å². The van der Waals surface area contributed by atoms with Crippen LogP contribution in [-0.2, 0) is 13.1 Å². The van der Waals surface area contributed by atoms with Gasteiger partial charge in [-0.3, -0.25) is 0 Å². The average molecular weight is 891 g/mol. The molecule has 69 heavy (non-hydrogen) atoms. The number of allylic oxidation sites excluding steroid dienone is 3. The first-order valence-electron chi connectivity index (χ1n) is 23.1. The van der Waals surface area contributed by atoms with Crippen LogP contribution in [0.25, 0.3) is 66.8 Å². The third kappa shape index (κ3) is 8.82. The van der Waals surface area contributed by atoms with E-state index >= 15 is 0 Å². The summed E-state index contributed by atoms with van der Waals surface area (Å²) in [5.74, 6) is 2.96. The smallest absolute Gasteiger partial charge is 0.234 e. The standard InChI is InChI=1S/C61H46N8/c1-62-57(43-22-9-4-10-23-43)64-58(44-24-11-5-12-25-44)63-42-69-55-34-20-19-33-52(55)53-41-48(36-38-56(53)69)51-32-18-17-31-50(51)47-35-37-54-49(40-47)30-8-2-3-21-39-68(54)61-66-59(45-26-13-6-14-27-45)65-60(67-61)46-28-15-7-16-29-46/h2-29,31-38,40-41H,1,30,39,42H2/b8-2-,21-3-,63-58-,64-57?. The van der Waals surface area contributed by atoms with Gasteiger partial charge in [-0.2, -0.15) is 9.97 Å². The number of aromatic nitrogens is 4. The Balaban J connectivity index is 0.978. The van der Waals surface area contributed by atoms with Gasteiger partial charge in [0.1, 0.15) is 6.67 Å². The van der Waals surface area contributed by atoms with Crippen LogP contribution >= 0.6 is 0 Å². The zero-order chi connectivity index (χ0) is 46.4. The van der Waals surface area contributed by atoms with E-state index in [0.29, 0.717) is 42.5 Å². The largest absolute Gasteiger partial charge is 0.320 e. The summed E-state index contributed by atoms with van der Waals surface area (Å²) >= 11 is 0. The quantitative estimate of drug-likeness (QED) is 0.107. The summed E-state index contributed by atoms with van der Waals surface area (Å²) in [6, 6.07) is 71.0. The molecule has 0 atom stereocenters. The normalized spacial score (nSPS) is 13.9. The lowest BCUT2D eigenvalue weighted by Crippen LogP contribution is -2.22. The molecule has 0 N–H and O–H groups in total. The van der Waals surface area contributed by atoms with Crippen molar-refractivity contribution in [2.45, 2.75) is 13.1 Å². The van der Waals surface area contributed by atoms with E-state index < -0.39 is 0 Å². The number of hydrogen-bond acceptors (Lipinski definition) is 5. The number of para-hydroxylation sites is 1. The summed E-state index contributed by atoms with van der Waals surface area (Å²) in [5, 5.41) is 2.31. The molecule has 0 radical (unpaired) electrons. The number of anilines is 2. The van der Waals surface area contributed by atoms with E-state index in [9.17, 15) is 0 Å². The maximum atomic E-state index is 5.18. The van der Waals surface area contributed by atoms with E-state index in [4.69, 9.17) is 24.9 Å². The molecule has 330 valence electrons. The van der Waals surface area contributed by atoms with Crippen LogP contribution in [0.5, 0.6) is 0 Å². The zero-order valence-corrected chi connectivity index (χ0v) is 37.8. The van der Waals surface area contributed by atoms with Crippen LogP contribution in [0.3, 0.4) is 0 Å². The van der Waals surface area contributed by atoms with Gasteiger partial charge in [0.05, 0.1) is 11.0 Å². The maximum absolute atomic E-state index is 5.18. The number of benzene rings is 8. The van der Waals surface area contributed by atoms with Crippen LogP contribution in [0.2, 0.25) is 0 Å². The number of hydrogen-bond donors (Lipinski definition) is 0. The van der Waals surface area contributed by atoms with Crippen molar-refractivity contribution in [2.24, 2.45) is 15.0 Å². The van der Waals surface area contributed by atoms with Gasteiger partial charge >= 0.3 is 0 Å². The molecule has 0 fully saturated rings. The van der Waals surface area contributed by atoms with Crippen molar-refractivity contribution in [3.8, 4) is 45.0 Å². The molecule has 0 aliphatic carbocycles. The summed E-state index contributed by atoms with van der Waals surface area (Å²) < 4.78 is 2.27. The van der Waals surface area contributed by atoms with Gasteiger partial charge in [-0.1, -0.05) is 200 Å². The Labute approximate surface area is 401 Å². The Morgan fingerprint density at radius 1 is 0.493 bits per heavy atom. The minimum Gasteiger partial charge on any atom is -0.320 e. The Hall–Kier alpha value is -9.14. The molecular formula is C61H46N8. The van der Waals surface area contributed by atoms with Crippen molar-refractivity contribution in [3.63, 3.8) is 0 Å². The first-order valence-corrected chi connectivity index (χ1v) is 23.1. The Kier molecular flexibility index (Phi) is 11.9. The molecule has 11 rings (SSSR count). The summed E-state index contributed by atoms with van der Waals surface area (Å²) in [4.78, 5) is 31.9. The SMILES string of the molecule is C=NC(=N/C(=N\Cn1c2ccccc2c2cc(-c3ccccc3-c3ccc4c(c3)C/C=C\C=C/CN4c3nc(-c4ccccc4)nc(-c4ccccc4)n3)ccc21)c1ccccc1)c1ccccc1. The van der Waals surface area contributed by atoms with Crippen LogP contribution in [0, 0.1) is 0 Å². The number of fused-ring (bicyclic) bond motifs is 4. The second-order valence-corrected chi connectivity index (χ2v) is 16.7. The second kappa shape index (κ2) is 19.4. The third-order valence-corrected chi connectivity index (χ3v) is 12.4. The summed E-state index contributed by atoms with van der Waals surface area (Å²) in [6.45, 7) is 4.79. The number of nitrogens with zero attached hydrogens (tertiary/aromatic N) is 8. The lowest BCUT2D eigenvalue weighted by Gasteiger charge is -2.25. The molecule has 0 saturated carbocycles. The predicted molar refractivity (Wildman–Crippen MR) is 286 cm³/mol. The van der Waals surface area contributed by atoms with Gasteiger partial charge in [-0.15, -0.1) is 0 Å². The van der Waals surface area contributed by atoms with E-state index in [0.717, 1.165) is 78.4 Å². The van der Waals surface area contributed by atoms with Gasteiger partial charge < -0.3 is 9.47 Å². The molecule has 8 heteroatoms. The monoisotopic (exact) mass is 890 g/mol. The van der Waals surface area contributed by atoms with Crippen molar-refractivity contribution in [3.05, 3.63) is 247 Å². The van der Waals surface area contributed by atoms with Crippen LogP contribution in [0.1, 0.15) is 16.7 Å². The van der Waals surface area contributed by atoms with Crippen molar-refractivity contribution < 1.29 is 0 Å². The van der Waals surface area contributed by atoms with E-state index in [-0.39, 0.29) is 0 Å². The summed E-state index contributed by atoms with van der Waals surface area (Å²) in [5.41, 5.74) is 12.6. The molecule has 0 saturated heterocycles. The highest BCUT2D eigenvalue weighted by Crippen LogP contribution is 2.39. The lowest BCUT2D eigenvalue weighted by atomic mass is 9.92. The maximum Gasteiger partial charge on any atom is 0.234 e. The van der Waals surface area contributed by atoms with Gasteiger partial charge in [-0.25, -0.2) is 20.0 Å². The minimum absolute atomic E-state index is 0.356. The lowest BCUT2D eigenvalue weighted by molar-refractivity contribution is 0.791. The molecule has 3 heterocycles. The molecule has 0 unspecified atom stereocenters. The molecule has 0 amide bonds. The van der Waals surface area contributed by atoms with Gasteiger partial charge in [0, 0.05) is 45.3 Å². The van der Waals surface area contributed by atoms with Gasteiger partial charge in [0.2, 0.25) is 5.95 Å². The van der Waals surface area contributed by atoms with Crippen molar-refractivity contribution in [2.75, 3.05) is 11.4 Å². The van der Waals surface area contributed by atoms with E-state index in [2.05, 4.69) is 130 Å². The molecule has 8 aromatic carbocycles. The first-order chi connectivity index (χ1) is 34.2. The highest BCUT2D eigenvalue weighted by molar-refractivity contribution is 6.13. The zero-order valence-electron chi connectivity index (χ0n) is 37.8. The number of amidine groups is 2. The highest BCUT2D eigenvalue weighted by atomic mass is 15.3. The van der Waals surface area contributed by atoms with Gasteiger partial charge in [-0.05, 0) is 71.3 Å². The Morgan fingerprint density at radius 2 is 1.04 bits per heavy atom. The molecule has 10 aromatic rings. The summed E-state index contributed by atoms with van der Waals surface area (Å²) in [6.07, 6.45) is 9.33.